The van der Waals surface area contributed by atoms with Crippen molar-refractivity contribution in [3.05, 3.63) is 58.1 Å². The van der Waals surface area contributed by atoms with E-state index in [4.69, 9.17) is 0 Å². The molecule has 2 rings (SSSR count). The van der Waals surface area contributed by atoms with Crippen molar-refractivity contribution in [2.75, 3.05) is 11.9 Å². The molecule has 0 fully saturated rings. The average molecular weight is 451 g/mol. The summed E-state index contributed by atoms with van der Waals surface area (Å²) in [4.78, 5) is 11.4. The van der Waals surface area contributed by atoms with Gasteiger partial charge in [0.05, 0.1) is 17.0 Å². The van der Waals surface area contributed by atoms with E-state index in [9.17, 15) is 26.4 Å². The molecule has 10 heteroatoms. The normalized spacial score (nSPS) is 12.0. The summed E-state index contributed by atoms with van der Waals surface area (Å²) in [5.41, 5.74) is 0.166. The number of nitrogens with one attached hydrogen (secondary N) is 2. The topological polar surface area (TPSA) is 75.3 Å². The van der Waals surface area contributed by atoms with E-state index < -0.39 is 39.1 Å². The Labute approximate surface area is 156 Å². The number of carbonyl (C=O) groups is 1. The molecule has 0 aliphatic heterocycles. The lowest BCUT2D eigenvalue weighted by atomic mass is 10.2. The predicted molar refractivity (Wildman–Crippen MR) is 94.1 cm³/mol. The molecule has 0 atom stereocenters. The van der Waals surface area contributed by atoms with E-state index in [0.717, 1.165) is 28.2 Å². The van der Waals surface area contributed by atoms with Crippen LogP contribution in [0.3, 0.4) is 0 Å². The molecular formula is C16H14BrF3N2O3S. The maximum atomic E-state index is 12.7. The molecule has 0 heterocycles. The van der Waals surface area contributed by atoms with E-state index in [1.807, 2.05) is 4.72 Å². The number of benzene rings is 2. The molecule has 2 aromatic rings. The van der Waals surface area contributed by atoms with Gasteiger partial charge in [0.2, 0.25) is 15.9 Å². The highest BCUT2D eigenvalue weighted by Gasteiger charge is 2.31. The van der Waals surface area contributed by atoms with Crippen molar-refractivity contribution in [3.63, 3.8) is 0 Å². The van der Waals surface area contributed by atoms with Crippen LogP contribution in [0, 0.1) is 6.92 Å². The molecular weight excluding hydrogens is 437 g/mol. The Kier molecular flexibility index (Phi) is 6.09. The second kappa shape index (κ2) is 7.77. The zero-order chi connectivity index (χ0) is 19.5. The minimum Gasteiger partial charge on any atom is -0.325 e. The highest BCUT2D eigenvalue weighted by Crippen LogP contribution is 2.30. The molecule has 0 unspecified atom stereocenters. The Morgan fingerprint density at radius 1 is 1.15 bits per heavy atom. The van der Waals surface area contributed by atoms with E-state index in [1.165, 1.54) is 0 Å². The number of anilines is 1. The molecule has 0 aliphatic rings. The van der Waals surface area contributed by atoms with Crippen molar-refractivity contribution in [3.8, 4) is 0 Å². The van der Waals surface area contributed by atoms with Gasteiger partial charge >= 0.3 is 6.18 Å². The number of amides is 1. The van der Waals surface area contributed by atoms with Crippen LogP contribution in [0.4, 0.5) is 18.9 Å². The average Bonchev–Trinajstić information content (AvgIpc) is 2.56. The van der Waals surface area contributed by atoms with Crippen LogP contribution in [0.15, 0.2) is 51.8 Å². The van der Waals surface area contributed by atoms with Crippen molar-refractivity contribution in [1.82, 2.24) is 4.72 Å². The van der Waals surface area contributed by atoms with Crippen LogP contribution in [0.2, 0.25) is 0 Å². The Morgan fingerprint density at radius 2 is 1.85 bits per heavy atom. The van der Waals surface area contributed by atoms with Gasteiger partial charge in [0.25, 0.3) is 0 Å². The second-order valence-corrected chi connectivity index (χ2v) is 8.04. The third-order valence-corrected chi connectivity index (χ3v) is 5.26. The summed E-state index contributed by atoms with van der Waals surface area (Å²) >= 11 is 3.26. The molecule has 2 aromatic carbocycles. The molecule has 0 bridgehead atoms. The molecule has 140 valence electrons. The zero-order valence-electron chi connectivity index (χ0n) is 13.4. The summed E-state index contributed by atoms with van der Waals surface area (Å²) in [5.74, 6) is -0.651. The molecule has 1 amide bonds. The molecule has 5 nitrogen and oxygen atoms in total. The van der Waals surface area contributed by atoms with Crippen LogP contribution in [0.25, 0.3) is 0 Å². The van der Waals surface area contributed by atoms with Gasteiger partial charge in [-0.2, -0.15) is 13.2 Å². The standard InChI is InChI=1S/C16H14BrF3N2O3S/c1-10-5-6-12(17)8-14(10)22-15(23)9-21-26(24,25)13-4-2-3-11(7-13)16(18,19)20/h2-8,21H,9H2,1H3,(H,22,23). The van der Waals surface area contributed by atoms with Crippen molar-refractivity contribution >= 4 is 37.5 Å². The van der Waals surface area contributed by atoms with Crippen molar-refractivity contribution in [2.24, 2.45) is 0 Å². The first-order valence-corrected chi connectivity index (χ1v) is 9.49. The minimum absolute atomic E-state index is 0.489. The van der Waals surface area contributed by atoms with Crippen LogP contribution in [-0.4, -0.2) is 20.9 Å². The van der Waals surface area contributed by atoms with E-state index in [0.29, 0.717) is 11.8 Å². The molecule has 0 spiro atoms. The molecule has 0 radical (unpaired) electrons. The van der Waals surface area contributed by atoms with Crippen LogP contribution in [0.1, 0.15) is 11.1 Å². The Morgan fingerprint density at radius 3 is 2.50 bits per heavy atom. The fraction of sp³-hybridized carbons (Fsp3) is 0.188. The van der Waals surface area contributed by atoms with Gasteiger partial charge < -0.3 is 5.32 Å². The van der Waals surface area contributed by atoms with E-state index in [2.05, 4.69) is 21.2 Å². The number of rotatable bonds is 5. The first-order chi connectivity index (χ1) is 12.0. The fourth-order valence-electron chi connectivity index (χ4n) is 2.01. The predicted octanol–water partition coefficient (Wildman–Crippen LogP) is 3.69. The third-order valence-electron chi connectivity index (χ3n) is 3.37. The van der Waals surface area contributed by atoms with Crippen LogP contribution in [-0.2, 0) is 21.0 Å². The van der Waals surface area contributed by atoms with Crippen molar-refractivity contribution in [2.45, 2.75) is 18.0 Å². The van der Waals surface area contributed by atoms with E-state index in [1.54, 1.807) is 25.1 Å². The van der Waals surface area contributed by atoms with Crippen LogP contribution < -0.4 is 10.0 Å². The summed E-state index contributed by atoms with van der Waals surface area (Å²) in [7, 11) is -4.27. The van der Waals surface area contributed by atoms with Crippen molar-refractivity contribution < 1.29 is 26.4 Å². The summed E-state index contributed by atoms with van der Waals surface area (Å²) in [6.07, 6.45) is -4.67. The second-order valence-electron chi connectivity index (χ2n) is 5.36. The summed E-state index contributed by atoms with van der Waals surface area (Å²) in [6, 6.07) is 8.47. The van der Waals surface area contributed by atoms with Gasteiger partial charge in [-0.3, -0.25) is 4.79 Å². The number of carbonyl (C=O) groups excluding carboxylic acids is 1. The summed E-state index contributed by atoms with van der Waals surface area (Å²) in [5, 5.41) is 2.53. The third kappa shape index (κ3) is 5.29. The number of hydrogen-bond acceptors (Lipinski definition) is 3. The first kappa shape index (κ1) is 20.4. The highest BCUT2D eigenvalue weighted by molar-refractivity contribution is 9.10. The Bertz CT molecular complexity index is 931. The SMILES string of the molecule is Cc1ccc(Br)cc1NC(=O)CNS(=O)(=O)c1cccc(C(F)(F)F)c1. The van der Waals surface area contributed by atoms with Gasteiger partial charge in [0.15, 0.2) is 0 Å². The maximum absolute atomic E-state index is 12.7. The molecule has 2 N–H and O–H groups in total. The molecule has 0 aliphatic carbocycles. The quantitative estimate of drug-likeness (QED) is 0.729. The first-order valence-electron chi connectivity index (χ1n) is 7.22. The lowest BCUT2D eigenvalue weighted by Gasteiger charge is -2.11. The maximum Gasteiger partial charge on any atom is 0.416 e. The van der Waals surface area contributed by atoms with Crippen LogP contribution in [0.5, 0.6) is 0 Å². The number of halogens is 4. The monoisotopic (exact) mass is 450 g/mol. The van der Waals surface area contributed by atoms with E-state index >= 15 is 0 Å². The number of aryl methyl sites for hydroxylation is 1. The zero-order valence-corrected chi connectivity index (χ0v) is 15.8. The number of sulfonamides is 1. The fourth-order valence-corrected chi connectivity index (χ4v) is 3.40. The van der Waals surface area contributed by atoms with Gasteiger partial charge in [-0.25, -0.2) is 13.1 Å². The number of hydrogen-bond donors (Lipinski definition) is 2. The molecule has 0 saturated carbocycles. The summed E-state index contributed by atoms with van der Waals surface area (Å²) in [6.45, 7) is 1.14. The lowest BCUT2D eigenvalue weighted by molar-refractivity contribution is -0.137. The Hall–Kier alpha value is -1.91. The van der Waals surface area contributed by atoms with Gasteiger partial charge in [-0.05, 0) is 42.8 Å². The summed E-state index contributed by atoms with van der Waals surface area (Å²) < 4.78 is 65.1. The van der Waals surface area contributed by atoms with Gasteiger partial charge in [0, 0.05) is 10.2 Å². The lowest BCUT2D eigenvalue weighted by Crippen LogP contribution is -2.33. The van der Waals surface area contributed by atoms with Gasteiger partial charge in [-0.1, -0.05) is 28.1 Å². The highest BCUT2D eigenvalue weighted by atomic mass is 79.9. The smallest absolute Gasteiger partial charge is 0.325 e. The Balaban J connectivity index is 2.08. The van der Waals surface area contributed by atoms with Crippen molar-refractivity contribution in [1.29, 1.82) is 0 Å². The van der Waals surface area contributed by atoms with Gasteiger partial charge in [-0.15, -0.1) is 0 Å². The van der Waals surface area contributed by atoms with E-state index in [-0.39, 0.29) is 0 Å². The largest absolute Gasteiger partial charge is 0.416 e. The molecule has 0 saturated heterocycles. The molecule has 26 heavy (non-hydrogen) atoms. The molecule has 0 aromatic heterocycles. The van der Waals surface area contributed by atoms with Gasteiger partial charge in [0.1, 0.15) is 0 Å². The minimum atomic E-state index is -4.67. The number of alkyl halides is 3. The van der Waals surface area contributed by atoms with Crippen LogP contribution >= 0.6 is 15.9 Å².